The SMILES string of the molecule is CCOC(=O)CC[C@@H](I)[C@]1(C)CC[C@@H]2[C@@]3(C)CCCC(C)(C)[C@@H]3CC[C@@]2(C)O1. The lowest BCUT2D eigenvalue weighted by Gasteiger charge is -2.65. The van der Waals surface area contributed by atoms with E-state index in [1.165, 1.54) is 38.5 Å². The Bertz CT molecular complexity index is 590. The highest BCUT2D eigenvalue weighted by atomic mass is 127. The molecule has 3 fully saturated rings. The molecule has 2 aliphatic carbocycles. The fourth-order valence-corrected chi connectivity index (χ4v) is 8.13. The van der Waals surface area contributed by atoms with Crippen molar-refractivity contribution in [2.24, 2.45) is 22.7 Å². The maximum absolute atomic E-state index is 11.8. The van der Waals surface area contributed by atoms with Crippen molar-refractivity contribution in [3.63, 3.8) is 0 Å². The van der Waals surface area contributed by atoms with E-state index in [1.807, 2.05) is 6.92 Å². The molecule has 6 atom stereocenters. The minimum absolute atomic E-state index is 0.0288. The molecule has 28 heavy (non-hydrogen) atoms. The van der Waals surface area contributed by atoms with Crippen LogP contribution in [0.4, 0.5) is 0 Å². The molecule has 0 radical (unpaired) electrons. The monoisotopic (exact) mass is 504 g/mol. The van der Waals surface area contributed by atoms with Crippen molar-refractivity contribution < 1.29 is 14.3 Å². The average molecular weight is 504 g/mol. The number of rotatable bonds is 5. The fraction of sp³-hybridized carbons (Fsp3) is 0.958. The molecule has 0 unspecified atom stereocenters. The third-order valence-electron chi connectivity index (χ3n) is 8.70. The second-order valence-electron chi connectivity index (χ2n) is 11.1. The largest absolute Gasteiger partial charge is 0.466 e. The van der Waals surface area contributed by atoms with Gasteiger partial charge in [-0.25, -0.2) is 0 Å². The van der Waals surface area contributed by atoms with Crippen LogP contribution in [0.15, 0.2) is 0 Å². The van der Waals surface area contributed by atoms with Gasteiger partial charge in [-0.05, 0) is 88.4 Å². The van der Waals surface area contributed by atoms with Crippen LogP contribution in [0.1, 0.15) is 99.3 Å². The molecule has 3 rings (SSSR count). The first kappa shape index (κ1) is 22.8. The Morgan fingerprint density at radius 1 is 1.07 bits per heavy atom. The first-order valence-electron chi connectivity index (χ1n) is 11.5. The summed E-state index contributed by atoms with van der Waals surface area (Å²) in [6.45, 7) is 14.6. The highest BCUT2D eigenvalue weighted by molar-refractivity contribution is 14.1. The number of fused-ring (bicyclic) bond motifs is 3. The standard InChI is InChI=1S/C24H41IO3/c1-7-27-20(26)10-9-19(25)24(6)16-12-18-22(4)14-8-13-21(2,3)17(22)11-15-23(18,5)28-24/h17-19H,7-16H2,1-6H3/t17-,18+,19+,22-,23+,24-/m0/s1. The van der Waals surface area contributed by atoms with E-state index in [2.05, 4.69) is 57.2 Å². The van der Waals surface area contributed by atoms with Gasteiger partial charge in [0, 0.05) is 10.3 Å². The lowest BCUT2D eigenvalue weighted by Crippen LogP contribution is -2.64. The minimum atomic E-state index is -0.147. The van der Waals surface area contributed by atoms with Crippen molar-refractivity contribution in [1.29, 1.82) is 0 Å². The zero-order valence-electron chi connectivity index (χ0n) is 18.9. The van der Waals surface area contributed by atoms with Crippen LogP contribution in [0.3, 0.4) is 0 Å². The fourth-order valence-electron chi connectivity index (χ4n) is 7.38. The first-order valence-corrected chi connectivity index (χ1v) is 12.7. The van der Waals surface area contributed by atoms with Crippen molar-refractivity contribution in [2.75, 3.05) is 6.61 Å². The van der Waals surface area contributed by atoms with Crippen molar-refractivity contribution >= 4 is 28.6 Å². The predicted octanol–water partition coefficient (Wildman–Crippen LogP) is 6.70. The zero-order valence-corrected chi connectivity index (χ0v) is 21.1. The number of hydrogen-bond acceptors (Lipinski definition) is 3. The van der Waals surface area contributed by atoms with E-state index in [-0.39, 0.29) is 17.2 Å². The van der Waals surface area contributed by atoms with Gasteiger partial charge >= 0.3 is 5.97 Å². The molecule has 3 nitrogen and oxygen atoms in total. The predicted molar refractivity (Wildman–Crippen MR) is 123 cm³/mol. The number of carbonyl (C=O) groups excluding carboxylic acids is 1. The van der Waals surface area contributed by atoms with E-state index < -0.39 is 0 Å². The molecule has 0 aromatic rings. The molecule has 1 saturated heterocycles. The molecule has 1 aliphatic heterocycles. The molecule has 0 aromatic heterocycles. The summed E-state index contributed by atoms with van der Waals surface area (Å²) in [7, 11) is 0. The molecule has 0 aromatic carbocycles. The molecule has 0 spiro atoms. The molecule has 4 heteroatoms. The highest BCUT2D eigenvalue weighted by Gasteiger charge is 2.62. The van der Waals surface area contributed by atoms with Gasteiger partial charge in [-0.2, -0.15) is 0 Å². The second kappa shape index (κ2) is 8.01. The van der Waals surface area contributed by atoms with Crippen molar-refractivity contribution in [1.82, 2.24) is 0 Å². The summed E-state index contributed by atoms with van der Waals surface area (Å²) in [6.07, 6.45) is 10.3. The number of esters is 1. The maximum Gasteiger partial charge on any atom is 0.305 e. The van der Waals surface area contributed by atoms with Crippen LogP contribution >= 0.6 is 22.6 Å². The van der Waals surface area contributed by atoms with Gasteiger partial charge in [0.1, 0.15) is 0 Å². The number of ether oxygens (including phenoxy) is 2. The molecule has 1 heterocycles. The van der Waals surface area contributed by atoms with Gasteiger partial charge in [-0.1, -0.05) is 49.8 Å². The van der Waals surface area contributed by atoms with Gasteiger partial charge in [0.15, 0.2) is 0 Å². The number of halogens is 1. The zero-order chi connectivity index (χ0) is 20.8. The van der Waals surface area contributed by atoms with Crippen LogP contribution in [-0.4, -0.2) is 27.7 Å². The van der Waals surface area contributed by atoms with Crippen LogP contribution in [0.5, 0.6) is 0 Å². The summed E-state index contributed by atoms with van der Waals surface area (Å²) in [4.78, 5) is 11.8. The Balaban J connectivity index is 1.73. The summed E-state index contributed by atoms with van der Waals surface area (Å²) in [6, 6.07) is 0. The Morgan fingerprint density at radius 2 is 1.75 bits per heavy atom. The van der Waals surface area contributed by atoms with Gasteiger partial charge in [0.2, 0.25) is 0 Å². The molecule has 3 aliphatic rings. The normalized spacial score (nSPS) is 43.5. The van der Waals surface area contributed by atoms with E-state index in [0.717, 1.165) is 18.8 Å². The van der Waals surface area contributed by atoms with Gasteiger partial charge in [0.25, 0.3) is 0 Å². The van der Waals surface area contributed by atoms with Crippen LogP contribution in [0.2, 0.25) is 0 Å². The summed E-state index contributed by atoms with van der Waals surface area (Å²) in [5.41, 5.74) is 0.688. The molecule has 0 N–H and O–H groups in total. The minimum Gasteiger partial charge on any atom is -0.466 e. The molecular weight excluding hydrogens is 463 g/mol. The summed E-state index contributed by atoms with van der Waals surface area (Å²) in [5, 5.41) is 0. The Kier molecular flexibility index (Phi) is 6.54. The molecule has 0 bridgehead atoms. The smallest absolute Gasteiger partial charge is 0.305 e. The van der Waals surface area contributed by atoms with Crippen LogP contribution in [0.25, 0.3) is 0 Å². The summed E-state index contributed by atoms with van der Waals surface area (Å²) < 4.78 is 12.5. The van der Waals surface area contributed by atoms with Gasteiger partial charge in [0.05, 0.1) is 17.8 Å². The maximum atomic E-state index is 11.8. The van der Waals surface area contributed by atoms with E-state index in [4.69, 9.17) is 9.47 Å². The first-order chi connectivity index (χ1) is 13.0. The Hall–Kier alpha value is 0.160. The quantitative estimate of drug-likeness (QED) is 0.237. The lowest BCUT2D eigenvalue weighted by molar-refractivity contribution is -0.264. The molecule has 162 valence electrons. The van der Waals surface area contributed by atoms with Gasteiger partial charge in [-0.15, -0.1) is 0 Å². The molecule has 2 saturated carbocycles. The third kappa shape index (κ3) is 4.02. The van der Waals surface area contributed by atoms with E-state index in [9.17, 15) is 4.79 Å². The number of carbonyl (C=O) groups is 1. The van der Waals surface area contributed by atoms with E-state index in [1.54, 1.807) is 0 Å². The van der Waals surface area contributed by atoms with Crippen LogP contribution < -0.4 is 0 Å². The summed E-state index contributed by atoms with van der Waals surface area (Å²) in [5.74, 6) is 1.39. The van der Waals surface area contributed by atoms with Gasteiger partial charge < -0.3 is 9.47 Å². The van der Waals surface area contributed by atoms with Crippen LogP contribution in [-0.2, 0) is 14.3 Å². The molecule has 0 amide bonds. The van der Waals surface area contributed by atoms with Gasteiger partial charge in [-0.3, -0.25) is 4.79 Å². The van der Waals surface area contributed by atoms with Crippen molar-refractivity contribution in [3.8, 4) is 0 Å². The van der Waals surface area contributed by atoms with Crippen molar-refractivity contribution in [3.05, 3.63) is 0 Å². The van der Waals surface area contributed by atoms with E-state index in [0.29, 0.717) is 33.7 Å². The van der Waals surface area contributed by atoms with Crippen LogP contribution in [0, 0.1) is 22.7 Å². The second-order valence-corrected chi connectivity index (χ2v) is 12.6. The van der Waals surface area contributed by atoms with Crippen molar-refractivity contribution in [2.45, 2.75) is 114 Å². The molecular formula is C24H41IO3. The topological polar surface area (TPSA) is 35.5 Å². The average Bonchev–Trinajstić information content (AvgIpc) is 2.58. The Labute approximate surface area is 186 Å². The highest BCUT2D eigenvalue weighted by Crippen LogP contribution is 2.65. The Morgan fingerprint density at radius 3 is 2.43 bits per heavy atom. The summed E-state index contributed by atoms with van der Waals surface area (Å²) >= 11 is 2.52. The third-order valence-corrected chi connectivity index (χ3v) is 10.6. The lowest BCUT2D eigenvalue weighted by atomic mass is 9.44. The van der Waals surface area contributed by atoms with E-state index >= 15 is 0 Å². The number of hydrogen-bond donors (Lipinski definition) is 0. The number of alkyl halides is 1.